The molecular weight excluding hydrogens is 412 g/mol. The molecule has 0 unspecified atom stereocenters. The molecule has 0 aliphatic carbocycles. The smallest absolute Gasteiger partial charge is 0.237 e. The summed E-state index contributed by atoms with van der Waals surface area (Å²) in [6, 6.07) is 11.9. The van der Waals surface area contributed by atoms with Gasteiger partial charge >= 0.3 is 0 Å². The van der Waals surface area contributed by atoms with Crippen molar-refractivity contribution in [3.05, 3.63) is 48.4 Å². The van der Waals surface area contributed by atoms with Crippen molar-refractivity contribution in [2.24, 2.45) is 0 Å². The minimum Gasteiger partial charge on any atom is -0.467 e. The largest absolute Gasteiger partial charge is 0.467 e. The molecule has 1 N–H and O–H groups in total. The number of benzene rings is 1. The molecule has 0 fully saturated rings. The third-order valence-corrected chi connectivity index (χ3v) is 7.50. The first kappa shape index (κ1) is 19.4. The van der Waals surface area contributed by atoms with E-state index in [9.17, 15) is 4.79 Å². The lowest BCUT2D eigenvalue weighted by Crippen LogP contribution is -2.33. The predicted octanol–water partition coefficient (Wildman–Crippen LogP) is 4.75. The highest BCUT2D eigenvalue weighted by Gasteiger charge is 2.24. The number of para-hydroxylation sites is 1. The fraction of sp³-hybridized carbons (Fsp3) is 0.316. The van der Waals surface area contributed by atoms with Crippen LogP contribution in [0.4, 0.5) is 10.8 Å². The number of rotatable bonds is 6. The second kappa shape index (κ2) is 9.02. The molecule has 3 aromatic rings. The summed E-state index contributed by atoms with van der Waals surface area (Å²) >= 11 is 4.72. The van der Waals surface area contributed by atoms with Gasteiger partial charge in [-0.25, -0.2) is 0 Å². The molecule has 0 saturated heterocycles. The number of thioether (sulfide) groups is 2. The Morgan fingerprint density at radius 1 is 1.32 bits per heavy atom. The fourth-order valence-electron chi connectivity index (χ4n) is 2.86. The van der Waals surface area contributed by atoms with E-state index in [4.69, 9.17) is 4.42 Å². The SMILES string of the molecule is C[C@@H]1CCN(C(=O)CSc2nnc(NCc3ccco3)s2)c2ccccc2S1. The molecule has 3 heterocycles. The van der Waals surface area contributed by atoms with Gasteiger partial charge in [0.2, 0.25) is 11.0 Å². The lowest BCUT2D eigenvalue weighted by Gasteiger charge is -2.22. The second-order valence-corrected chi connectivity index (χ2v) is 10.0. The van der Waals surface area contributed by atoms with Crippen molar-refractivity contribution in [1.82, 2.24) is 10.2 Å². The number of anilines is 2. The lowest BCUT2D eigenvalue weighted by atomic mass is 10.2. The maximum atomic E-state index is 12.9. The minimum atomic E-state index is 0.104. The molecule has 1 amide bonds. The molecule has 0 saturated carbocycles. The second-order valence-electron chi connectivity index (χ2n) is 6.32. The van der Waals surface area contributed by atoms with Crippen molar-refractivity contribution < 1.29 is 9.21 Å². The summed E-state index contributed by atoms with van der Waals surface area (Å²) in [5, 5.41) is 12.7. The summed E-state index contributed by atoms with van der Waals surface area (Å²) in [6.07, 6.45) is 2.62. The number of nitrogens with zero attached hydrogens (tertiary/aromatic N) is 3. The van der Waals surface area contributed by atoms with E-state index in [1.807, 2.05) is 47.0 Å². The average molecular weight is 433 g/mol. The Hall–Kier alpha value is -1.97. The number of furan rings is 1. The Bertz CT molecular complexity index is 929. The molecule has 0 spiro atoms. The summed E-state index contributed by atoms with van der Waals surface area (Å²) in [5.74, 6) is 1.29. The van der Waals surface area contributed by atoms with E-state index in [0.717, 1.165) is 33.9 Å². The highest BCUT2D eigenvalue weighted by Crippen LogP contribution is 2.37. The molecule has 2 aromatic heterocycles. The van der Waals surface area contributed by atoms with Gasteiger partial charge in [0.15, 0.2) is 4.34 Å². The molecule has 146 valence electrons. The molecule has 0 radical (unpaired) electrons. The van der Waals surface area contributed by atoms with Crippen LogP contribution in [0.2, 0.25) is 0 Å². The minimum absolute atomic E-state index is 0.104. The molecule has 1 aliphatic rings. The van der Waals surface area contributed by atoms with Gasteiger partial charge in [-0.2, -0.15) is 0 Å². The number of carbonyl (C=O) groups excluding carboxylic acids is 1. The highest BCUT2D eigenvalue weighted by molar-refractivity contribution is 8.01. The Kier molecular flexibility index (Phi) is 6.23. The third-order valence-electron chi connectivity index (χ3n) is 4.26. The van der Waals surface area contributed by atoms with Crippen LogP contribution in [0.25, 0.3) is 0 Å². The van der Waals surface area contributed by atoms with Gasteiger partial charge in [-0.05, 0) is 30.7 Å². The van der Waals surface area contributed by atoms with E-state index in [0.29, 0.717) is 17.5 Å². The first-order valence-corrected chi connectivity index (χ1v) is 11.7. The maximum Gasteiger partial charge on any atom is 0.237 e. The first-order valence-electron chi connectivity index (χ1n) is 8.97. The van der Waals surface area contributed by atoms with Crippen LogP contribution in [0.1, 0.15) is 19.1 Å². The summed E-state index contributed by atoms with van der Waals surface area (Å²) in [7, 11) is 0. The molecular formula is C19H20N4O2S3. The van der Waals surface area contributed by atoms with Crippen molar-refractivity contribution in [2.45, 2.75) is 34.4 Å². The van der Waals surface area contributed by atoms with Gasteiger partial charge in [0.1, 0.15) is 5.76 Å². The molecule has 28 heavy (non-hydrogen) atoms. The number of aromatic nitrogens is 2. The Morgan fingerprint density at radius 3 is 3.07 bits per heavy atom. The molecule has 9 heteroatoms. The fourth-order valence-corrected chi connectivity index (χ4v) is 5.60. The zero-order valence-corrected chi connectivity index (χ0v) is 17.8. The van der Waals surface area contributed by atoms with Crippen molar-refractivity contribution in [3.8, 4) is 0 Å². The molecule has 1 aliphatic heterocycles. The van der Waals surface area contributed by atoms with Gasteiger partial charge in [-0.15, -0.1) is 22.0 Å². The monoisotopic (exact) mass is 432 g/mol. The number of amides is 1. The van der Waals surface area contributed by atoms with Crippen LogP contribution in [-0.4, -0.2) is 33.7 Å². The summed E-state index contributed by atoms with van der Waals surface area (Å²) in [6.45, 7) is 3.52. The van der Waals surface area contributed by atoms with Gasteiger partial charge < -0.3 is 14.6 Å². The van der Waals surface area contributed by atoms with Crippen LogP contribution in [0.5, 0.6) is 0 Å². The molecule has 6 nitrogen and oxygen atoms in total. The van der Waals surface area contributed by atoms with Gasteiger partial charge in [-0.3, -0.25) is 4.79 Å². The van der Waals surface area contributed by atoms with Gasteiger partial charge in [0.05, 0.1) is 24.2 Å². The standard InChI is InChI=1S/C19H20N4O2S3/c1-13-8-9-23(15-6-2-3-7-16(15)27-13)17(24)12-26-19-22-21-18(28-19)20-11-14-5-4-10-25-14/h2-7,10,13H,8-9,11-12H2,1H3,(H,20,21)/t13-/m1/s1. The van der Waals surface area contributed by atoms with Crippen LogP contribution in [-0.2, 0) is 11.3 Å². The van der Waals surface area contributed by atoms with Crippen molar-refractivity contribution >= 4 is 51.6 Å². The van der Waals surface area contributed by atoms with Crippen molar-refractivity contribution in [1.29, 1.82) is 0 Å². The number of hydrogen-bond donors (Lipinski definition) is 1. The van der Waals surface area contributed by atoms with Gasteiger partial charge in [-0.1, -0.05) is 42.2 Å². The van der Waals surface area contributed by atoms with Crippen LogP contribution >= 0.6 is 34.9 Å². The number of nitrogens with one attached hydrogen (secondary N) is 1. The van der Waals surface area contributed by atoms with E-state index in [1.54, 1.807) is 6.26 Å². The predicted molar refractivity (Wildman–Crippen MR) is 115 cm³/mol. The Morgan fingerprint density at radius 2 is 2.21 bits per heavy atom. The van der Waals surface area contributed by atoms with Crippen molar-refractivity contribution in [2.75, 3.05) is 22.5 Å². The Labute approximate surface area is 176 Å². The maximum absolute atomic E-state index is 12.9. The van der Waals surface area contributed by atoms with E-state index in [2.05, 4.69) is 28.5 Å². The van der Waals surface area contributed by atoms with Crippen LogP contribution in [0.15, 0.2) is 56.3 Å². The summed E-state index contributed by atoms with van der Waals surface area (Å²) < 4.78 is 6.07. The van der Waals surface area contributed by atoms with Crippen LogP contribution in [0.3, 0.4) is 0 Å². The van der Waals surface area contributed by atoms with E-state index in [-0.39, 0.29) is 5.91 Å². The van der Waals surface area contributed by atoms with E-state index < -0.39 is 0 Å². The number of fused-ring (bicyclic) bond motifs is 1. The quantitative estimate of drug-likeness (QED) is 0.563. The van der Waals surface area contributed by atoms with Gasteiger partial charge in [0.25, 0.3) is 0 Å². The van der Waals surface area contributed by atoms with Crippen LogP contribution < -0.4 is 10.2 Å². The zero-order valence-electron chi connectivity index (χ0n) is 15.3. The molecule has 1 atom stereocenters. The molecule has 4 rings (SSSR count). The zero-order chi connectivity index (χ0) is 19.3. The first-order chi connectivity index (χ1) is 13.7. The number of carbonyl (C=O) groups is 1. The number of hydrogen-bond acceptors (Lipinski definition) is 8. The lowest BCUT2D eigenvalue weighted by molar-refractivity contribution is -0.116. The Balaban J connectivity index is 1.35. The molecule has 0 bridgehead atoms. The topological polar surface area (TPSA) is 71.3 Å². The third kappa shape index (κ3) is 4.71. The normalized spacial score (nSPS) is 16.5. The van der Waals surface area contributed by atoms with Crippen LogP contribution in [0, 0.1) is 0 Å². The molecule has 1 aromatic carbocycles. The van der Waals surface area contributed by atoms with E-state index >= 15 is 0 Å². The van der Waals surface area contributed by atoms with E-state index in [1.165, 1.54) is 28.0 Å². The summed E-state index contributed by atoms with van der Waals surface area (Å²) in [5.41, 5.74) is 1.01. The highest BCUT2D eigenvalue weighted by atomic mass is 32.2. The van der Waals surface area contributed by atoms with Crippen molar-refractivity contribution in [3.63, 3.8) is 0 Å². The average Bonchev–Trinajstić information content (AvgIpc) is 3.34. The van der Waals surface area contributed by atoms with Gasteiger partial charge in [0, 0.05) is 16.7 Å². The summed E-state index contributed by atoms with van der Waals surface area (Å²) in [4.78, 5) is 16.0.